The third-order valence-electron chi connectivity index (χ3n) is 3.71. The number of hydrogen-bond donors (Lipinski definition) is 2. The summed E-state index contributed by atoms with van der Waals surface area (Å²) in [5.41, 5.74) is 8.24. The summed E-state index contributed by atoms with van der Waals surface area (Å²) in [5.74, 6) is 1.08. The van der Waals surface area contributed by atoms with Crippen molar-refractivity contribution >= 4 is 12.0 Å². The average molecular weight is 359 g/mol. The molecule has 140 valence electrons. The van der Waals surface area contributed by atoms with E-state index in [0.29, 0.717) is 24.1 Å². The highest BCUT2D eigenvalue weighted by molar-refractivity contribution is 5.82. The van der Waals surface area contributed by atoms with Crippen molar-refractivity contribution in [1.82, 2.24) is 15.0 Å². The van der Waals surface area contributed by atoms with Crippen LogP contribution in [0.25, 0.3) is 11.3 Å². The van der Waals surface area contributed by atoms with Gasteiger partial charge in [-0.25, -0.2) is 19.7 Å². The van der Waals surface area contributed by atoms with E-state index in [0.717, 1.165) is 17.5 Å². The lowest BCUT2D eigenvalue weighted by Gasteiger charge is -2.15. The summed E-state index contributed by atoms with van der Waals surface area (Å²) in [4.78, 5) is 23.9. The Morgan fingerprint density at radius 2 is 2.12 bits per heavy atom. The minimum atomic E-state index is -0.623. The van der Waals surface area contributed by atoms with Gasteiger partial charge in [-0.15, -0.1) is 0 Å². The molecule has 1 amide bonds. The molecule has 0 bridgehead atoms. The Hall–Kier alpha value is -2.74. The zero-order valence-electron chi connectivity index (χ0n) is 15.5. The summed E-state index contributed by atoms with van der Waals surface area (Å²) >= 11 is 0. The molecule has 26 heavy (non-hydrogen) atoms. The summed E-state index contributed by atoms with van der Waals surface area (Å²) < 4.78 is 10.3. The Bertz CT molecular complexity index is 751. The van der Waals surface area contributed by atoms with Crippen LogP contribution in [0.1, 0.15) is 25.8 Å². The van der Waals surface area contributed by atoms with Gasteiger partial charge >= 0.3 is 6.09 Å². The first-order chi connectivity index (χ1) is 12.4. The molecule has 2 rings (SSSR count). The van der Waals surface area contributed by atoms with Crippen LogP contribution in [0.2, 0.25) is 0 Å². The first-order valence-corrected chi connectivity index (χ1v) is 8.42. The number of methoxy groups -OCH3 is 1. The monoisotopic (exact) mass is 359 g/mol. The van der Waals surface area contributed by atoms with Gasteiger partial charge in [-0.3, -0.25) is 5.32 Å². The van der Waals surface area contributed by atoms with Crippen LogP contribution in [0.5, 0.6) is 5.88 Å². The minimum absolute atomic E-state index is 0.149. The van der Waals surface area contributed by atoms with E-state index in [1.165, 1.54) is 7.11 Å². The van der Waals surface area contributed by atoms with Gasteiger partial charge in [-0.1, -0.05) is 6.92 Å². The number of pyridine rings is 1. The van der Waals surface area contributed by atoms with Gasteiger partial charge in [0.25, 0.3) is 0 Å². The topological polar surface area (TPSA) is 112 Å². The minimum Gasteiger partial charge on any atom is -0.477 e. The summed E-state index contributed by atoms with van der Waals surface area (Å²) in [5, 5.41) is 2.44. The molecule has 2 aromatic heterocycles. The van der Waals surface area contributed by atoms with Gasteiger partial charge in [-0.05, 0) is 37.8 Å². The molecule has 8 nitrogen and oxygen atoms in total. The first-order valence-electron chi connectivity index (χ1n) is 8.42. The van der Waals surface area contributed by atoms with Crippen molar-refractivity contribution in [2.45, 2.75) is 33.2 Å². The van der Waals surface area contributed by atoms with Crippen molar-refractivity contribution in [3.63, 3.8) is 0 Å². The predicted octanol–water partition coefficient (Wildman–Crippen LogP) is 2.78. The van der Waals surface area contributed by atoms with Crippen LogP contribution in [-0.4, -0.2) is 40.8 Å². The smallest absolute Gasteiger partial charge is 0.413 e. The Morgan fingerprint density at radius 3 is 2.77 bits per heavy atom. The number of aromatic nitrogens is 3. The number of ether oxygens (including phenoxy) is 2. The SMILES string of the molecule is COC(=O)Nc1nccc(-c2cnc(OCC(C)CC(C)N)cc2C)n1. The van der Waals surface area contributed by atoms with Crippen molar-refractivity contribution in [3.05, 3.63) is 30.1 Å². The largest absolute Gasteiger partial charge is 0.477 e. The van der Waals surface area contributed by atoms with Crippen molar-refractivity contribution in [1.29, 1.82) is 0 Å². The Labute approximate surface area is 153 Å². The number of amides is 1. The van der Waals surface area contributed by atoms with Crippen LogP contribution in [0.4, 0.5) is 10.7 Å². The molecule has 2 heterocycles. The zero-order chi connectivity index (χ0) is 19.1. The molecule has 0 aliphatic rings. The first kappa shape index (κ1) is 19.6. The highest BCUT2D eigenvalue weighted by Gasteiger charge is 2.11. The molecule has 0 saturated heterocycles. The second kappa shape index (κ2) is 9.10. The maximum absolute atomic E-state index is 11.3. The highest BCUT2D eigenvalue weighted by Crippen LogP contribution is 2.24. The number of nitrogens with one attached hydrogen (secondary N) is 1. The van der Waals surface area contributed by atoms with Gasteiger partial charge in [0, 0.05) is 30.1 Å². The molecule has 0 aliphatic carbocycles. The van der Waals surface area contributed by atoms with Crippen LogP contribution < -0.4 is 15.8 Å². The molecule has 0 saturated carbocycles. The molecular weight excluding hydrogens is 334 g/mol. The van der Waals surface area contributed by atoms with Crippen LogP contribution in [0.3, 0.4) is 0 Å². The van der Waals surface area contributed by atoms with Gasteiger partial charge < -0.3 is 15.2 Å². The maximum Gasteiger partial charge on any atom is 0.413 e. The molecule has 3 N–H and O–H groups in total. The fourth-order valence-electron chi connectivity index (χ4n) is 2.52. The second-order valence-corrected chi connectivity index (χ2v) is 6.35. The van der Waals surface area contributed by atoms with Crippen molar-refractivity contribution in [2.24, 2.45) is 11.7 Å². The van der Waals surface area contributed by atoms with Gasteiger partial charge in [0.1, 0.15) is 0 Å². The third kappa shape index (κ3) is 5.66. The lowest BCUT2D eigenvalue weighted by Crippen LogP contribution is -2.21. The molecular formula is C18H25N5O3. The number of rotatable bonds is 7. The predicted molar refractivity (Wildman–Crippen MR) is 99.0 cm³/mol. The van der Waals surface area contributed by atoms with Crippen molar-refractivity contribution in [2.75, 3.05) is 19.0 Å². The van der Waals surface area contributed by atoms with E-state index in [1.54, 1.807) is 18.5 Å². The standard InChI is InChI=1S/C18H25N5O3/c1-11(7-13(3)19)10-26-16-8-12(2)14(9-21-16)15-5-6-20-17(22-15)23-18(24)25-4/h5-6,8-9,11,13H,7,10,19H2,1-4H3,(H,20,22,23,24). The number of anilines is 1. The third-order valence-corrected chi connectivity index (χ3v) is 3.71. The molecule has 2 unspecified atom stereocenters. The number of nitrogens with two attached hydrogens (primary N) is 1. The lowest BCUT2D eigenvalue weighted by atomic mass is 10.0. The Balaban J connectivity index is 2.09. The van der Waals surface area contributed by atoms with E-state index in [1.807, 2.05) is 19.9 Å². The fourth-order valence-corrected chi connectivity index (χ4v) is 2.52. The van der Waals surface area contributed by atoms with E-state index >= 15 is 0 Å². The van der Waals surface area contributed by atoms with Gasteiger partial charge in [-0.2, -0.15) is 0 Å². The van der Waals surface area contributed by atoms with E-state index in [9.17, 15) is 4.79 Å². The molecule has 2 atom stereocenters. The number of nitrogens with zero attached hydrogens (tertiary/aromatic N) is 3. The van der Waals surface area contributed by atoms with Gasteiger partial charge in [0.2, 0.25) is 11.8 Å². The van der Waals surface area contributed by atoms with E-state index in [-0.39, 0.29) is 12.0 Å². The number of carbonyl (C=O) groups excluding carboxylic acids is 1. The molecule has 2 aromatic rings. The quantitative estimate of drug-likeness (QED) is 0.781. The summed E-state index contributed by atoms with van der Waals surface area (Å²) in [6.45, 7) is 6.60. The Kier molecular flexibility index (Phi) is 6.85. The normalized spacial score (nSPS) is 13.0. The van der Waals surface area contributed by atoms with Gasteiger partial charge in [0.15, 0.2) is 0 Å². The van der Waals surface area contributed by atoms with E-state index in [2.05, 4.69) is 31.9 Å². The lowest BCUT2D eigenvalue weighted by molar-refractivity contribution is 0.186. The maximum atomic E-state index is 11.3. The van der Waals surface area contributed by atoms with Crippen LogP contribution in [0, 0.1) is 12.8 Å². The molecule has 0 fully saturated rings. The number of carbonyl (C=O) groups is 1. The second-order valence-electron chi connectivity index (χ2n) is 6.35. The van der Waals surface area contributed by atoms with Gasteiger partial charge in [0.05, 0.1) is 19.4 Å². The van der Waals surface area contributed by atoms with Crippen molar-refractivity contribution in [3.8, 4) is 17.1 Å². The highest BCUT2D eigenvalue weighted by atomic mass is 16.5. The Morgan fingerprint density at radius 1 is 1.35 bits per heavy atom. The van der Waals surface area contributed by atoms with Crippen LogP contribution in [0.15, 0.2) is 24.5 Å². The molecule has 0 aliphatic heterocycles. The van der Waals surface area contributed by atoms with E-state index < -0.39 is 6.09 Å². The van der Waals surface area contributed by atoms with Crippen LogP contribution in [-0.2, 0) is 4.74 Å². The zero-order valence-corrected chi connectivity index (χ0v) is 15.5. The van der Waals surface area contributed by atoms with E-state index in [4.69, 9.17) is 10.5 Å². The summed E-state index contributed by atoms with van der Waals surface area (Å²) in [7, 11) is 1.28. The number of hydrogen-bond acceptors (Lipinski definition) is 7. The molecule has 0 spiro atoms. The fraction of sp³-hybridized carbons (Fsp3) is 0.444. The summed E-state index contributed by atoms with van der Waals surface area (Å²) in [6, 6.07) is 3.76. The molecule has 8 heteroatoms. The average Bonchev–Trinajstić information content (AvgIpc) is 2.59. The molecule has 0 aromatic carbocycles. The molecule has 0 radical (unpaired) electrons. The van der Waals surface area contributed by atoms with Crippen LogP contribution >= 0.6 is 0 Å². The summed E-state index contributed by atoms with van der Waals surface area (Å²) in [6.07, 6.45) is 3.54. The van der Waals surface area contributed by atoms with Crippen molar-refractivity contribution < 1.29 is 14.3 Å². The number of aryl methyl sites for hydroxylation is 1.